The fourth-order valence-electron chi connectivity index (χ4n) is 1.96. The number of nitrogens with two attached hydrogens (primary N) is 1. The molecule has 0 aliphatic carbocycles. The average Bonchev–Trinajstić information content (AvgIpc) is 2.20. The molecule has 2 nitrogen and oxygen atoms in total. The molecule has 0 aliphatic heterocycles. The van der Waals surface area contributed by atoms with Gasteiger partial charge in [0.15, 0.2) is 0 Å². The number of aliphatic hydroxyl groups is 1. The molecule has 0 fully saturated rings. The van der Waals surface area contributed by atoms with Crippen molar-refractivity contribution in [2.75, 3.05) is 0 Å². The third-order valence-corrected chi connectivity index (χ3v) is 3.04. The van der Waals surface area contributed by atoms with Gasteiger partial charge in [-0.25, -0.2) is 0 Å². The van der Waals surface area contributed by atoms with E-state index in [1.807, 2.05) is 13.0 Å². The van der Waals surface area contributed by atoms with Crippen molar-refractivity contribution in [2.45, 2.75) is 59.9 Å². The monoisotopic (exact) mass is 239 g/mol. The van der Waals surface area contributed by atoms with Crippen LogP contribution in [0.25, 0.3) is 0 Å². The van der Waals surface area contributed by atoms with Crippen LogP contribution in [0.1, 0.15) is 54.4 Å². The minimum atomic E-state index is -0.152. The standard InChI is InChI=1S/C15H29NO/c1-7-13(17)9-8-12(4)14(11(2)3)10-15(5,6)16/h8-9,11,14,17H,7,10,16H2,1-6H3/b12-8+,13-9+. The second kappa shape index (κ2) is 6.85. The Hall–Kier alpha value is -0.760. The van der Waals surface area contributed by atoms with E-state index >= 15 is 0 Å². The van der Waals surface area contributed by atoms with E-state index in [-0.39, 0.29) is 5.54 Å². The van der Waals surface area contributed by atoms with Crippen molar-refractivity contribution in [3.8, 4) is 0 Å². The highest BCUT2D eigenvalue weighted by atomic mass is 16.3. The third kappa shape index (κ3) is 7.22. The van der Waals surface area contributed by atoms with E-state index in [0.29, 0.717) is 24.0 Å². The Morgan fingerprint density at radius 3 is 2.18 bits per heavy atom. The predicted molar refractivity (Wildman–Crippen MR) is 76.0 cm³/mol. The minimum absolute atomic E-state index is 0.152. The predicted octanol–water partition coefficient (Wildman–Crippen LogP) is 4.18. The molecule has 0 aromatic rings. The maximum absolute atomic E-state index is 9.45. The summed E-state index contributed by atoms with van der Waals surface area (Å²) in [5.74, 6) is 1.46. The number of rotatable bonds is 6. The number of hydrogen-bond donors (Lipinski definition) is 2. The van der Waals surface area contributed by atoms with Crippen LogP contribution in [0.5, 0.6) is 0 Å². The second-order valence-corrected chi connectivity index (χ2v) is 5.97. The summed E-state index contributed by atoms with van der Waals surface area (Å²) in [6.45, 7) is 12.6. The van der Waals surface area contributed by atoms with Crippen molar-refractivity contribution < 1.29 is 5.11 Å². The smallest absolute Gasteiger partial charge is 0.0919 e. The molecule has 0 saturated carbocycles. The summed E-state index contributed by atoms with van der Waals surface area (Å²) < 4.78 is 0. The van der Waals surface area contributed by atoms with Crippen molar-refractivity contribution in [3.63, 3.8) is 0 Å². The molecule has 0 aromatic heterocycles. The van der Waals surface area contributed by atoms with Gasteiger partial charge in [-0.05, 0) is 45.1 Å². The lowest BCUT2D eigenvalue weighted by Crippen LogP contribution is -2.36. The van der Waals surface area contributed by atoms with E-state index in [9.17, 15) is 5.11 Å². The molecule has 1 atom stereocenters. The minimum Gasteiger partial charge on any atom is -0.512 e. The van der Waals surface area contributed by atoms with Crippen LogP contribution < -0.4 is 5.73 Å². The first kappa shape index (κ1) is 16.2. The first-order valence-electron chi connectivity index (χ1n) is 6.52. The van der Waals surface area contributed by atoms with E-state index in [2.05, 4.69) is 34.6 Å². The van der Waals surface area contributed by atoms with Gasteiger partial charge in [0.25, 0.3) is 0 Å². The van der Waals surface area contributed by atoms with E-state index in [4.69, 9.17) is 5.73 Å². The molecule has 0 aliphatic rings. The quantitative estimate of drug-likeness (QED) is 0.539. The van der Waals surface area contributed by atoms with Crippen LogP contribution in [0.2, 0.25) is 0 Å². The van der Waals surface area contributed by atoms with Gasteiger partial charge in [0.2, 0.25) is 0 Å². The van der Waals surface area contributed by atoms with Crippen LogP contribution in [0, 0.1) is 11.8 Å². The third-order valence-electron chi connectivity index (χ3n) is 3.04. The molecule has 1 unspecified atom stereocenters. The number of aliphatic hydroxyl groups excluding tert-OH is 1. The molecular formula is C15H29NO. The van der Waals surface area contributed by atoms with E-state index in [1.165, 1.54) is 5.57 Å². The Kier molecular flexibility index (Phi) is 6.54. The molecule has 0 amide bonds. The summed E-state index contributed by atoms with van der Waals surface area (Å²) in [5, 5.41) is 9.45. The Labute approximate surface area is 107 Å². The van der Waals surface area contributed by atoms with Crippen LogP contribution in [-0.2, 0) is 0 Å². The highest BCUT2D eigenvalue weighted by molar-refractivity contribution is 5.16. The van der Waals surface area contributed by atoms with Gasteiger partial charge in [-0.1, -0.05) is 32.4 Å². The van der Waals surface area contributed by atoms with Crippen LogP contribution in [-0.4, -0.2) is 10.6 Å². The van der Waals surface area contributed by atoms with Crippen molar-refractivity contribution in [3.05, 3.63) is 23.5 Å². The molecule has 100 valence electrons. The Morgan fingerprint density at radius 2 is 1.82 bits per heavy atom. The molecule has 0 heterocycles. The topological polar surface area (TPSA) is 46.2 Å². The normalized spacial score (nSPS) is 16.5. The Morgan fingerprint density at radius 1 is 1.29 bits per heavy atom. The summed E-state index contributed by atoms with van der Waals surface area (Å²) in [7, 11) is 0. The average molecular weight is 239 g/mol. The van der Waals surface area contributed by atoms with Gasteiger partial charge >= 0.3 is 0 Å². The number of allylic oxidation sites excluding steroid dienone is 4. The molecule has 0 bridgehead atoms. The van der Waals surface area contributed by atoms with Crippen LogP contribution in [0.3, 0.4) is 0 Å². The molecule has 0 radical (unpaired) electrons. The Bertz CT molecular complexity index is 282. The SMILES string of the molecule is CC/C(O)=C\C=C(/C)C(CC(C)(C)N)C(C)C. The van der Waals surface area contributed by atoms with Crippen molar-refractivity contribution in [1.82, 2.24) is 0 Å². The summed E-state index contributed by atoms with van der Waals surface area (Å²) in [6.07, 6.45) is 5.47. The van der Waals surface area contributed by atoms with Gasteiger partial charge in [-0.15, -0.1) is 0 Å². The first-order valence-corrected chi connectivity index (χ1v) is 6.52. The number of hydrogen-bond acceptors (Lipinski definition) is 2. The van der Waals surface area contributed by atoms with Gasteiger partial charge in [0, 0.05) is 12.0 Å². The molecule has 3 N–H and O–H groups in total. The fraction of sp³-hybridized carbons (Fsp3) is 0.733. The molecule has 0 aromatic carbocycles. The largest absolute Gasteiger partial charge is 0.512 e. The highest BCUT2D eigenvalue weighted by Gasteiger charge is 2.22. The van der Waals surface area contributed by atoms with Crippen LogP contribution in [0.4, 0.5) is 0 Å². The highest BCUT2D eigenvalue weighted by Crippen LogP contribution is 2.28. The zero-order valence-corrected chi connectivity index (χ0v) is 12.2. The molecule has 2 heteroatoms. The van der Waals surface area contributed by atoms with Gasteiger partial charge in [0.05, 0.1) is 5.76 Å². The fourth-order valence-corrected chi connectivity index (χ4v) is 1.96. The van der Waals surface area contributed by atoms with Crippen molar-refractivity contribution >= 4 is 0 Å². The zero-order chi connectivity index (χ0) is 13.6. The maximum atomic E-state index is 9.45. The molecule has 0 rings (SSSR count). The lowest BCUT2D eigenvalue weighted by atomic mass is 9.80. The van der Waals surface area contributed by atoms with Gasteiger partial charge in [0.1, 0.15) is 0 Å². The summed E-state index contributed by atoms with van der Waals surface area (Å²) in [4.78, 5) is 0. The van der Waals surface area contributed by atoms with Crippen molar-refractivity contribution in [1.29, 1.82) is 0 Å². The van der Waals surface area contributed by atoms with Gasteiger partial charge in [-0.3, -0.25) is 0 Å². The van der Waals surface area contributed by atoms with Gasteiger partial charge < -0.3 is 10.8 Å². The zero-order valence-electron chi connectivity index (χ0n) is 12.2. The van der Waals surface area contributed by atoms with E-state index in [1.54, 1.807) is 6.08 Å². The van der Waals surface area contributed by atoms with Crippen molar-refractivity contribution in [2.24, 2.45) is 17.6 Å². The summed E-state index contributed by atoms with van der Waals surface area (Å²) in [5.41, 5.74) is 7.24. The molecular weight excluding hydrogens is 210 g/mol. The molecule has 17 heavy (non-hydrogen) atoms. The second-order valence-electron chi connectivity index (χ2n) is 5.97. The lowest BCUT2D eigenvalue weighted by Gasteiger charge is -2.29. The molecule has 0 saturated heterocycles. The van der Waals surface area contributed by atoms with E-state index < -0.39 is 0 Å². The molecule has 0 spiro atoms. The van der Waals surface area contributed by atoms with E-state index in [0.717, 1.165) is 6.42 Å². The van der Waals surface area contributed by atoms with Gasteiger partial charge in [-0.2, -0.15) is 0 Å². The Balaban J connectivity index is 4.83. The summed E-state index contributed by atoms with van der Waals surface area (Å²) in [6, 6.07) is 0. The lowest BCUT2D eigenvalue weighted by molar-refractivity contribution is 0.327. The van der Waals surface area contributed by atoms with Crippen LogP contribution >= 0.6 is 0 Å². The maximum Gasteiger partial charge on any atom is 0.0919 e. The summed E-state index contributed by atoms with van der Waals surface area (Å²) >= 11 is 0. The van der Waals surface area contributed by atoms with Crippen LogP contribution in [0.15, 0.2) is 23.5 Å². The first-order chi connectivity index (χ1) is 7.67.